The standard InChI is InChI=1S/C16H25N5O/c1-2-14-5-3-4-8-21(14)16-17-7-6-15(18-16)20-11-9-19(13-22)10-12-20/h6-7,13-14H,2-5,8-12H2,1H3. The molecule has 0 bridgehead atoms. The van der Waals surface area contributed by atoms with E-state index in [2.05, 4.69) is 21.7 Å². The van der Waals surface area contributed by atoms with Crippen molar-refractivity contribution < 1.29 is 4.79 Å². The summed E-state index contributed by atoms with van der Waals surface area (Å²) in [5.74, 6) is 1.85. The summed E-state index contributed by atoms with van der Waals surface area (Å²) in [5.41, 5.74) is 0. The Morgan fingerprint density at radius 3 is 2.77 bits per heavy atom. The van der Waals surface area contributed by atoms with Crippen LogP contribution >= 0.6 is 0 Å². The van der Waals surface area contributed by atoms with E-state index >= 15 is 0 Å². The molecule has 0 spiro atoms. The van der Waals surface area contributed by atoms with Crippen molar-refractivity contribution in [2.75, 3.05) is 42.5 Å². The third kappa shape index (κ3) is 3.15. The maximum Gasteiger partial charge on any atom is 0.227 e. The molecule has 1 aromatic heterocycles. The molecule has 0 radical (unpaired) electrons. The fraction of sp³-hybridized carbons (Fsp3) is 0.688. The second kappa shape index (κ2) is 6.94. The van der Waals surface area contributed by atoms with Crippen molar-refractivity contribution in [1.29, 1.82) is 0 Å². The third-order valence-electron chi connectivity index (χ3n) is 4.77. The Hall–Kier alpha value is -1.85. The molecule has 0 aromatic carbocycles. The van der Waals surface area contributed by atoms with Gasteiger partial charge in [0.25, 0.3) is 0 Å². The minimum atomic E-state index is 0.566. The van der Waals surface area contributed by atoms with Crippen LogP contribution in [0.4, 0.5) is 11.8 Å². The number of piperidine rings is 1. The summed E-state index contributed by atoms with van der Waals surface area (Å²) >= 11 is 0. The lowest BCUT2D eigenvalue weighted by Gasteiger charge is -2.36. The number of aromatic nitrogens is 2. The van der Waals surface area contributed by atoms with Gasteiger partial charge in [0.05, 0.1) is 0 Å². The molecule has 1 aromatic rings. The molecule has 120 valence electrons. The van der Waals surface area contributed by atoms with Crippen molar-refractivity contribution in [3.8, 4) is 0 Å². The summed E-state index contributed by atoms with van der Waals surface area (Å²) in [6, 6.07) is 2.54. The highest BCUT2D eigenvalue weighted by Crippen LogP contribution is 2.25. The van der Waals surface area contributed by atoms with E-state index in [1.54, 1.807) is 0 Å². The average molecular weight is 303 g/mol. The van der Waals surface area contributed by atoms with Gasteiger partial charge in [0, 0.05) is 45.0 Å². The maximum atomic E-state index is 10.8. The van der Waals surface area contributed by atoms with E-state index in [0.29, 0.717) is 6.04 Å². The van der Waals surface area contributed by atoms with Crippen molar-refractivity contribution in [3.63, 3.8) is 0 Å². The van der Waals surface area contributed by atoms with Crippen LogP contribution in [0.5, 0.6) is 0 Å². The number of amides is 1. The predicted molar refractivity (Wildman–Crippen MR) is 87.2 cm³/mol. The molecule has 2 fully saturated rings. The van der Waals surface area contributed by atoms with E-state index < -0.39 is 0 Å². The van der Waals surface area contributed by atoms with Crippen LogP contribution in [0.25, 0.3) is 0 Å². The van der Waals surface area contributed by atoms with Crippen LogP contribution < -0.4 is 9.80 Å². The monoisotopic (exact) mass is 303 g/mol. The van der Waals surface area contributed by atoms with Crippen LogP contribution in [0, 0.1) is 0 Å². The van der Waals surface area contributed by atoms with Crippen LogP contribution in [-0.2, 0) is 4.79 Å². The number of hydrogen-bond acceptors (Lipinski definition) is 5. The third-order valence-corrected chi connectivity index (χ3v) is 4.77. The molecule has 3 rings (SSSR count). The Morgan fingerprint density at radius 2 is 2.05 bits per heavy atom. The summed E-state index contributed by atoms with van der Waals surface area (Å²) in [6.07, 6.45) is 7.71. The van der Waals surface area contributed by atoms with Crippen LogP contribution in [0.2, 0.25) is 0 Å². The Bertz CT molecular complexity index is 501. The fourth-order valence-corrected chi connectivity index (χ4v) is 3.40. The molecule has 1 unspecified atom stereocenters. The Labute approximate surface area is 132 Å². The molecule has 0 N–H and O–H groups in total. The first kappa shape index (κ1) is 15.1. The number of nitrogens with zero attached hydrogens (tertiary/aromatic N) is 5. The van der Waals surface area contributed by atoms with Gasteiger partial charge < -0.3 is 14.7 Å². The van der Waals surface area contributed by atoms with Gasteiger partial charge in [-0.15, -0.1) is 0 Å². The number of hydrogen-bond donors (Lipinski definition) is 0. The van der Waals surface area contributed by atoms with Gasteiger partial charge in [0.15, 0.2) is 0 Å². The first-order valence-electron chi connectivity index (χ1n) is 8.36. The zero-order valence-electron chi connectivity index (χ0n) is 13.3. The zero-order chi connectivity index (χ0) is 15.4. The first-order chi connectivity index (χ1) is 10.8. The lowest BCUT2D eigenvalue weighted by Crippen LogP contribution is -2.46. The number of piperazine rings is 1. The summed E-state index contributed by atoms with van der Waals surface area (Å²) in [4.78, 5) is 26.6. The highest BCUT2D eigenvalue weighted by atomic mass is 16.1. The van der Waals surface area contributed by atoms with Gasteiger partial charge in [0.1, 0.15) is 5.82 Å². The molecule has 6 nitrogen and oxygen atoms in total. The van der Waals surface area contributed by atoms with E-state index in [1.165, 1.54) is 19.3 Å². The SMILES string of the molecule is CCC1CCCCN1c1nccc(N2CCN(C=O)CC2)n1. The molecule has 2 saturated heterocycles. The molecule has 3 heterocycles. The van der Waals surface area contributed by atoms with Crippen molar-refractivity contribution in [1.82, 2.24) is 14.9 Å². The molecule has 2 aliphatic rings. The molecular weight excluding hydrogens is 278 g/mol. The maximum absolute atomic E-state index is 10.8. The van der Waals surface area contributed by atoms with E-state index in [-0.39, 0.29) is 0 Å². The van der Waals surface area contributed by atoms with Gasteiger partial charge in [-0.3, -0.25) is 4.79 Å². The topological polar surface area (TPSA) is 52.6 Å². The predicted octanol–water partition coefficient (Wildman–Crippen LogP) is 1.52. The summed E-state index contributed by atoms with van der Waals surface area (Å²) in [7, 11) is 0. The van der Waals surface area contributed by atoms with Gasteiger partial charge >= 0.3 is 0 Å². The normalized spacial score (nSPS) is 22.8. The molecule has 22 heavy (non-hydrogen) atoms. The van der Waals surface area contributed by atoms with E-state index in [4.69, 9.17) is 4.98 Å². The largest absolute Gasteiger partial charge is 0.353 e. The second-order valence-electron chi connectivity index (χ2n) is 6.09. The minimum absolute atomic E-state index is 0.566. The highest BCUT2D eigenvalue weighted by molar-refractivity contribution is 5.50. The Balaban J connectivity index is 1.73. The Morgan fingerprint density at radius 1 is 1.23 bits per heavy atom. The number of anilines is 2. The number of carbonyl (C=O) groups is 1. The smallest absolute Gasteiger partial charge is 0.227 e. The van der Waals surface area contributed by atoms with Gasteiger partial charge in [-0.2, -0.15) is 4.98 Å². The highest BCUT2D eigenvalue weighted by Gasteiger charge is 2.24. The molecule has 2 aliphatic heterocycles. The first-order valence-corrected chi connectivity index (χ1v) is 8.36. The van der Waals surface area contributed by atoms with Crippen molar-refractivity contribution in [2.24, 2.45) is 0 Å². The van der Waals surface area contributed by atoms with Crippen LogP contribution in [0.1, 0.15) is 32.6 Å². The molecular formula is C16H25N5O. The van der Waals surface area contributed by atoms with Crippen molar-refractivity contribution >= 4 is 18.2 Å². The quantitative estimate of drug-likeness (QED) is 0.790. The molecule has 0 saturated carbocycles. The van der Waals surface area contributed by atoms with E-state index in [0.717, 1.165) is 57.3 Å². The van der Waals surface area contributed by atoms with Gasteiger partial charge in [0.2, 0.25) is 12.4 Å². The van der Waals surface area contributed by atoms with Crippen LogP contribution in [0.15, 0.2) is 12.3 Å². The lowest BCUT2D eigenvalue weighted by molar-refractivity contribution is -0.118. The molecule has 1 atom stereocenters. The number of carbonyl (C=O) groups excluding carboxylic acids is 1. The lowest BCUT2D eigenvalue weighted by atomic mass is 10.0. The van der Waals surface area contributed by atoms with Gasteiger partial charge in [-0.25, -0.2) is 4.98 Å². The fourth-order valence-electron chi connectivity index (χ4n) is 3.40. The number of rotatable bonds is 4. The van der Waals surface area contributed by atoms with Crippen molar-refractivity contribution in [3.05, 3.63) is 12.3 Å². The van der Waals surface area contributed by atoms with Crippen LogP contribution in [0.3, 0.4) is 0 Å². The second-order valence-corrected chi connectivity index (χ2v) is 6.09. The minimum Gasteiger partial charge on any atom is -0.353 e. The average Bonchev–Trinajstić information content (AvgIpc) is 2.62. The van der Waals surface area contributed by atoms with Gasteiger partial charge in [-0.05, 0) is 31.7 Å². The van der Waals surface area contributed by atoms with Crippen LogP contribution in [-0.4, -0.2) is 60.0 Å². The molecule has 0 aliphatic carbocycles. The van der Waals surface area contributed by atoms with Gasteiger partial charge in [-0.1, -0.05) is 6.92 Å². The van der Waals surface area contributed by atoms with E-state index in [9.17, 15) is 4.79 Å². The summed E-state index contributed by atoms with van der Waals surface area (Å²) in [5, 5.41) is 0. The zero-order valence-corrected chi connectivity index (χ0v) is 13.3. The summed E-state index contributed by atoms with van der Waals surface area (Å²) in [6.45, 7) is 6.51. The van der Waals surface area contributed by atoms with Crippen molar-refractivity contribution in [2.45, 2.75) is 38.6 Å². The van der Waals surface area contributed by atoms with E-state index in [1.807, 2.05) is 17.2 Å². The Kier molecular flexibility index (Phi) is 4.75. The molecule has 6 heteroatoms. The summed E-state index contributed by atoms with van der Waals surface area (Å²) < 4.78 is 0. The molecule has 1 amide bonds.